The summed E-state index contributed by atoms with van der Waals surface area (Å²) in [6.07, 6.45) is -4.25. The molecule has 0 aromatic heterocycles. The summed E-state index contributed by atoms with van der Waals surface area (Å²) in [6.45, 7) is 3.11. The van der Waals surface area contributed by atoms with Gasteiger partial charge in [-0.3, -0.25) is 0 Å². The van der Waals surface area contributed by atoms with E-state index in [2.05, 4.69) is 10.1 Å². The maximum atomic E-state index is 11.8. The van der Waals surface area contributed by atoms with E-state index in [4.69, 9.17) is 0 Å². The topological polar surface area (TPSA) is 21.3 Å². The molecule has 1 N–H and O–H groups in total. The van der Waals surface area contributed by atoms with Gasteiger partial charge in [0, 0.05) is 12.2 Å². The Morgan fingerprint density at radius 1 is 1.24 bits per heavy atom. The summed E-state index contributed by atoms with van der Waals surface area (Å²) >= 11 is 0. The molecule has 0 unspecified atom stereocenters. The summed E-state index contributed by atoms with van der Waals surface area (Å²) in [4.78, 5) is 0. The number of anilines is 1. The van der Waals surface area contributed by atoms with Gasteiger partial charge in [0.2, 0.25) is 0 Å². The van der Waals surface area contributed by atoms with Crippen molar-refractivity contribution < 1.29 is 17.9 Å². The summed E-state index contributed by atoms with van der Waals surface area (Å²) < 4.78 is 39.8. The first kappa shape index (κ1) is 13.8. The highest BCUT2D eigenvalue weighted by molar-refractivity contribution is 5.52. The third kappa shape index (κ3) is 5.58. The lowest BCUT2D eigenvalue weighted by molar-refractivity contribution is -0.172. The van der Waals surface area contributed by atoms with Crippen molar-refractivity contribution in [1.29, 1.82) is 0 Å². The Kier molecular flexibility index (Phi) is 4.81. The van der Waals surface area contributed by atoms with E-state index < -0.39 is 12.8 Å². The van der Waals surface area contributed by atoms with Crippen LogP contribution in [0.5, 0.6) is 0 Å². The molecule has 1 rings (SSSR count). The molecule has 5 heteroatoms. The van der Waals surface area contributed by atoms with E-state index >= 15 is 0 Å². The third-order valence-corrected chi connectivity index (χ3v) is 2.22. The lowest BCUT2D eigenvalue weighted by Gasteiger charge is -2.11. The number of rotatable bonds is 5. The molecule has 0 spiro atoms. The smallest absolute Gasteiger partial charge is 0.383 e. The van der Waals surface area contributed by atoms with E-state index in [0.29, 0.717) is 6.54 Å². The van der Waals surface area contributed by atoms with Gasteiger partial charge in [-0.15, -0.1) is 0 Å². The van der Waals surface area contributed by atoms with Crippen molar-refractivity contribution in [1.82, 2.24) is 0 Å². The van der Waals surface area contributed by atoms with Gasteiger partial charge < -0.3 is 10.1 Å². The van der Waals surface area contributed by atoms with Crippen LogP contribution in [0.15, 0.2) is 18.2 Å². The van der Waals surface area contributed by atoms with Gasteiger partial charge in [0.15, 0.2) is 0 Å². The molecule has 96 valence electrons. The highest BCUT2D eigenvalue weighted by Gasteiger charge is 2.27. The summed E-state index contributed by atoms with van der Waals surface area (Å²) in [5.74, 6) is 0. The van der Waals surface area contributed by atoms with E-state index in [0.717, 1.165) is 16.8 Å². The second kappa shape index (κ2) is 5.91. The van der Waals surface area contributed by atoms with Crippen LogP contribution in [0.25, 0.3) is 0 Å². The van der Waals surface area contributed by atoms with Gasteiger partial charge in [-0.05, 0) is 31.0 Å². The molecule has 2 nitrogen and oxygen atoms in total. The first-order valence-electron chi connectivity index (χ1n) is 5.34. The Hall–Kier alpha value is -1.23. The molecule has 1 aromatic carbocycles. The fraction of sp³-hybridized carbons (Fsp3) is 0.500. The van der Waals surface area contributed by atoms with Crippen LogP contribution in [0.2, 0.25) is 0 Å². The predicted molar refractivity (Wildman–Crippen MR) is 61.3 cm³/mol. The Morgan fingerprint density at radius 3 is 2.59 bits per heavy atom. The van der Waals surface area contributed by atoms with Crippen LogP contribution in [-0.4, -0.2) is 25.9 Å². The zero-order valence-corrected chi connectivity index (χ0v) is 9.90. The molecule has 0 atom stereocenters. The largest absolute Gasteiger partial charge is 0.411 e. The van der Waals surface area contributed by atoms with Crippen molar-refractivity contribution in [2.24, 2.45) is 0 Å². The number of alkyl halides is 3. The van der Waals surface area contributed by atoms with Gasteiger partial charge in [-0.1, -0.05) is 12.1 Å². The Bertz CT molecular complexity index is 363. The van der Waals surface area contributed by atoms with E-state index in [-0.39, 0.29) is 6.61 Å². The molecule has 1 aromatic rings. The van der Waals surface area contributed by atoms with E-state index in [9.17, 15) is 13.2 Å². The van der Waals surface area contributed by atoms with Gasteiger partial charge in [0.1, 0.15) is 6.61 Å². The molecule has 17 heavy (non-hydrogen) atoms. The summed E-state index contributed by atoms with van der Waals surface area (Å²) in [5.41, 5.74) is 3.10. The molecule has 0 fully saturated rings. The quantitative estimate of drug-likeness (QED) is 0.806. The van der Waals surface area contributed by atoms with Crippen molar-refractivity contribution in [2.75, 3.05) is 25.1 Å². The molecule has 0 saturated carbocycles. The third-order valence-electron chi connectivity index (χ3n) is 2.22. The van der Waals surface area contributed by atoms with E-state index in [1.165, 1.54) is 0 Å². The highest BCUT2D eigenvalue weighted by Crippen LogP contribution is 2.16. The SMILES string of the molecule is Cc1ccc(C)c(NCCOCC(F)(F)F)c1. The first-order chi connectivity index (χ1) is 7.88. The summed E-state index contributed by atoms with van der Waals surface area (Å²) in [6, 6.07) is 5.91. The molecule has 0 saturated heterocycles. The number of hydrogen-bond acceptors (Lipinski definition) is 2. The maximum Gasteiger partial charge on any atom is 0.411 e. The number of hydrogen-bond donors (Lipinski definition) is 1. The Balaban J connectivity index is 2.29. The van der Waals surface area contributed by atoms with Gasteiger partial charge in [0.25, 0.3) is 0 Å². The van der Waals surface area contributed by atoms with Crippen LogP contribution in [-0.2, 0) is 4.74 Å². The minimum Gasteiger partial charge on any atom is -0.383 e. The van der Waals surface area contributed by atoms with Crippen LogP contribution >= 0.6 is 0 Å². The fourth-order valence-electron chi connectivity index (χ4n) is 1.37. The average Bonchev–Trinajstić information content (AvgIpc) is 2.21. The lowest BCUT2D eigenvalue weighted by atomic mass is 10.1. The Morgan fingerprint density at radius 2 is 1.94 bits per heavy atom. The van der Waals surface area contributed by atoms with E-state index in [1.807, 2.05) is 32.0 Å². The molecule has 0 heterocycles. The first-order valence-corrected chi connectivity index (χ1v) is 5.34. The number of ether oxygens (including phenoxy) is 1. The van der Waals surface area contributed by atoms with Crippen LogP contribution in [0.4, 0.5) is 18.9 Å². The highest BCUT2D eigenvalue weighted by atomic mass is 19.4. The zero-order chi connectivity index (χ0) is 12.9. The molecule has 0 radical (unpaired) electrons. The second-order valence-electron chi connectivity index (χ2n) is 3.91. The predicted octanol–water partition coefficient (Wildman–Crippen LogP) is 3.29. The van der Waals surface area contributed by atoms with Gasteiger partial charge in [0.05, 0.1) is 6.61 Å². The minimum absolute atomic E-state index is 0.0346. The lowest BCUT2D eigenvalue weighted by Crippen LogP contribution is -2.20. The van der Waals surface area contributed by atoms with Crippen molar-refractivity contribution in [3.63, 3.8) is 0 Å². The van der Waals surface area contributed by atoms with Crippen LogP contribution < -0.4 is 5.32 Å². The molecule has 0 aliphatic rings. The van der Waals surface area contributed by atoms with Gasteiger partial charge in [-0.25, -0.2) is 0 Å². The molecular weight excluding hydrogens is 231 g/mol. The normalized spacial score (nSPS) is 11.6. The van der Waals surface area contributed by atoms with Crippen LogP contribution in [0.1, 0.15) is 11.1 Å². The fourth-order valence-corrected chi connectivity index (χ4v) is 1.37. The zero-order valence-electron chi connectivity index (χ0n) is 9.90. The number of benzene rings is 1. The summed E-state index contributed by atoms with van der Waals surface area (Å²) in [5, 5.41) is 3.05. The molecular formula is C12H16F3NO. The molecule has 0 aliphatic heterocycles. The maximum absolute atomic E-state index is 11.8. The van der Waals surface area contributed by atoms with Gasteiger partial charge in [-0.2, -0.15) is 13.2 Å². The number of nitrogens with one attached hydrogen (secondary N) is 1. The Labute approximate surface area is 98.8 Å². The molecule has 0 aliphatic carbocycles. The molecule has 0 bridgehead atoms. The summed E-state index contributed by atoms with van der Waals surface area (Å²) in [7, 11) is 0. The number of halogens is 3. The molecule has 0 amide bonds. The van der Waals surface area contributed by atoms with Gasteiger partial charge >= 0.3 is 6.18 Å². The average molecular weight is 247 g/mol. The van der Waals surface area contributed by atoms with Crippen LogP contribution in [0.3, 0.4) is 0 Å². The minimum atomic E-state index is -4.25. The van der Waals surface area contributed by atoms with Crippen molar-refractivity contribution >= 4 is 5.69 Å². The second-order valence-corrected chi connectivity index (χ2v) is 3.91. The van der Waals surface area contributed by atoms with Crippen molar-refractivity contribution in [3.8, 4) is 0 Å². The standard InChI is InChI=1S/C12H16F3NO/c1-9-3-4-10(2)11(7-9)16-5-6-17-8-12(13,14)15/h3-4,7,16H,5-6,8H2,1-2H3. The van der Waals surface area contributed by atoms with Crippen LogP contribution in [0, 0.1) is 13.8 Å². The van der Waals surface area contributed by atoms with E-state index in [1.54, 1.807) is 0 Å². The number of aryl methyl sites for hydroxylation is 2. The van der Waals surface area contributed by atoms with Crippen molar-refractivity contribution in [2.45, 2.75) is 20.0 Å². The monoisotopic (exact) mass is 247 g/mol. The van der Waals surface area contributed by atoms with Crippen molar-refractivity contribution in [3.05, 3.63) is 29.3 Å².